The van der Waals surface area contributed by atoms with E-state index in [-0.39, 0.29) is 5.82 Å². The Morgan fingerprint density at radius 2 is 1.70 bits per heavy atom. The number of hydrogen-bond donors (Lipinski definition) is 1. The van der Waals surface area contributed by atoms with E-state index in [0.717, 1.165) is 10.9 Å². The third kappa shape index (κ3) is 3.07. The molecule has 2 aromatic carbocycles. The van der Waals surface area contributed by atoms with Crippen molar-refractivity contribution in [2.45, 2.75) is 25.6 Å². The first-order valence-corrected chi connectivity index (χ1v) is 8.63. The maximum Gasteiger partial charge on any atom is 0.324 e. The fraction of sp³-hybridized carbons (Fsp3) is 0.238. The van der Waals surface area contributed by atoms with Gasteiger partial charge in [-0.05, 0) is 29.3 Å². The molecule has 5 nitrogen and oxygen atoms in total. The summed E-state index contributed by atoms with van der Waals surface area (Å²) in [5.41, 5.74) is 2.06. The SMILES string of the molecule is CC1(C)OC(=O)C(C(c2ccccc2)c2c[nH]c3cc(F)ccc23)C(=O)O1. The van der Waals surface area contributed by atoms with Crippen molar-refractivity contribution in [3.05, 3.63) is 71.7 Å². The predicted molar refractivity (Wildman–Crippen MR) is 96.3 cm³/mol. The zero-order chi connectivity index (χ0) is 19.2. The average molecular weight is 367 g/mol. The summed E-state index contributed by atoms with van der Waals surface area (Å²) in [6.45, 7) is 3.04. The summed E-state index contributed by atoms with van der Waals surface area (Å²) >= 11 is 0. The summed E-state index contributed by atoms with van der Waals surface area (Å²) in [4.78, 5) is 28.5. The van der Waals surface area contributed by atoms with E-state index in [1.165, 1.54) is 26.0 Å². The van der Waals surface area contributed by atoms with Crippen molar-refractivity contribution in [3.63, 3.8) is 0 Å². The fourth-order valence-corrected chi connectivity index (χ4v) is 3.59. The van der Waals surface area contributed by atoms with Gasteiger partial charge in [-0.2, -0.15) is 0 Å². The van der Waals surface area contributed by atoms with Crippen molar-refractivity contribution in [1.29, 1.82) is 0 Å². The number of rotatable bonds is 3. The second-order valence-electron chi connectivity index (χ2n) is 7.04. The molecular weight excluding hydrogens is 349 g/mol. The number of cyclic esters (lactones) is 2. The van der Waals surface area contributed by atoms with Gasteiger partial charge in [0.15, 0.2) is 5.92 Å². The molecule has 138 valence electrons. The average Bonchev–Trinajstić information content (AvgIpc) is 3.00. The normalized spacial score (nSPS) is 18.2. The molecule has 27 heavy (non-hydrogen) atoms. The Morgan fingerprint density at radius 3 is 2.37 bits per heavy atom. The molecule has 6 heteroatoms. The van der Waals surface area contributed by atoms with Crippen molar-refractivity contribution in [2.24, 2.45) is 5.92 Å². The lowest BCUT2D eigenvalue weighted by atomic mass is 9.80. The van der Waals surface area contributed by atoms with Crippen LogP contribution < -0.4 is 0 Å². The molecule has 2 heterocycles. The molecule has 0 radical (unpaired) electrons. The number of fused-ring (bicyclic) bond motifs is 1. The van der Waals surface area contributed by atoms with Crippen LogP contribution in [0.2, 0.25) is 0 Å². The lowest BCUT2D eigenvalue weighted by molar-refractivity contribution is -0.240. The number of aromatic nitrogens is 1. The number of carbonyl (C=O) groups excluding carboxylic acids is 2. The van der Waals surface area contributed by atoms with Crippen LogP contribution in [0.5, 0.6) is 0 Å². The van der Waals surface area contributed by atoms with E-state index in [1.54, 1.807) is 12.3 Å². The van der Waals surface area contributed by atoms with E-state index >= 15 is 0 Å². The molecule has 1 aliphatic rings. The molecule has 0 spiro atoms. The molecule has 1 atom stereocenters. The quantitative estimate of drug-likeness (QED) is 0.563. The lowest BCUT2D eigenvalue weighted by Gasteiger charge is -2.36. The topological polar surface area (TPSA) is 68.4 Å². The first kappa shape index (κ1) is 17.3. The molecule has 1 unspecified atom stereocenters. The summed E-state index contributed by atoms with van der Waals surface area (Å²) < 4.78 is 24.2. The summed E-state index contributed by atoms with van der Waals surface area (Å²) in [5.74, 6) is -4.71. The highest BCUT2D eigenvalue weighted by Crippen LogP contribution is 2.40. The van der Waals surface area contributed by atoms with Crippen LogP contribution in [0.25, 0.3) is 10.9 Å². The minimum Gasteiger partial charge on any atom is -0.422 e. The van der Waals surface area contributed by atoms with Gasteiger partial charge < -0.3 is 14.5 Å². The van der Waals surface area contributed by atoms with Crippen LogP contribution in [0.15, 0.2) is 54.7 Å². The van der Waals surface area contributed by atoms with Crippen LogP contribution in [-0.4, -0.2) is 22.7 Å². The molecule has 0 aliphatic carbocycles. The number of aromatic amines is 1. The zero-order valence-corrected chi connectivity index (χ0v) is 14.9. The number of benzene rings is 2. The fourth-order valence-electron chi connectivity index (χ4n) is 3.59. The van der Waals surface area contributed by atoms with Crippen LogP contribution in [0.3, 0.4) is 0 Å². The maximum atomic E-state index is 13.6. The van der Waals surface area contributed by atoms with Crippen LogP contribution >= 0.6 is 0 Å². The molecule has 0 saturated carbocycles. The zero-order valence-electron chi connectivity index (χ0n) is 14.9. The highest BCUT2D eigenvalue weighted by molar-refractivity contribution is 5.99. The van der Waals surface area contributed by atoms with Gasteiger partial charge in [-0.15, -0.1) is 0 Å². The van der Waals surface area contributed by atoms with Crippen LogP contribution in [0.1, 0.15) is 30.9 Å². The Kier molecular flexibility index (Phi) is 3.98. The van der Waals surface area contributed by atoms with E-state index in [0.29, 0.717) is 11.1 Å². The summed E-state index contributed by atoms with van der Waals surface area (Å²) in [6, 6.07) is 13.6. The summed E-state index contributed by atoms with van der Waals surface area (Å²) in [7, 11) is 0. The van der Waals surface area contributed by atoms with Crippen molar-refractivity contribution in [2.75, 3.05) is 0 Å². The number of hydrogen-bond acceptors (Lipinski definition) is 4. The molecule has 3 aromatic rings. The van der Waals surface area contributed by atoms with E-state index < -0.39 is 29.6 Å². The van der Waals surface area contributed by atoms with Gasteiger partial charge in [0, 0.05) is 36.9 Å². The molecule has 4 rings (SSSR count). The van der Waals surface area contributed by atoms with Gasteiger partial charge in [0.1, 0.15) is 5.82 Å². The predicted octanol–water partition coefficient (Wildman–Crippen LogP) is 3.89. The summed E-state index contributed by atoms with van der Waals surface area (Å²) in [5, 5.41) is 0.732. The summed E-state index contributed by atoms with van der Waals surface area (Å²) in [6.07, 6.45) is 1.70. The number of H-pyrrole nitrogens is 1. The van der Waals surface area contributed by atoms with Crippen molar-refractivity contribution >= 4 is 22.8 Å². The van der Waals surface area contributed by atoms with Crippen molar-refractivity contribution < 1.29 is 23.5 Å². The van der Waals surface area contributed by atoms with Crippen LogP contribution in [0.4, 0.5) is 4.39 Å². The van der Waals surface area contributed by atoms with Crippen molar-refractivity contribution in [3.8, 4) is 0 Å². The number of carbonyl (C=O) groups is 2. The van der Waals surface area contributed by atoms with E-state index in [2.05, 4.69) is 4.98 Å². The van der Waals surface area contributed by atoms with Gasteiger partial charge >= 0.3 is 11.9 Å². The van der Waals surface area contributed by atoms with Gasteiger partial charge in [-0.3, -0.25) is 9.59 Å². The molecule has 0 bridgehead atoms. The van der Waals surface area contributed by atoms with Gasteiger partial charge in [0.2, 0.25) is 0 Å². The Bertz CT molecular complexity index is 1010. The Morgan fingerprint density at radius 1 is 1.04 bits per heavy atom. The Balaban J connectivity index is 1.88. The number of esters is 2. The Hall–Kier alpha value is -3.15. The Labute approximate surface area is 155 Å². The standard InChI is InChI=1S/C21H18FNO4/c1-21(2)26-19(24)18(20(25)27-21)17(12-6-4-3-5-7-12)15-11-23-16-10-13(22)8-9-14(15)16/h3-11,17-18,23H,1-2H3. The highest BCUT2D eigenvalue weighted by atomic mass is 19.1. The van der Waals surface area contributed by atoms with Gasteiger partial charge in [0.05, 0.1) is 0 Å². The number of halogens is 1. The third-order valence-corrected chi connectivity index (χ3v) is 4.70. The van der Waals surface area contributed by atoms with Gasteiger partial charge in [0.25, 0.3) is 5.79 Å². The first-order chi connectivity index (χ1) is 12.9. The smallest absolute Gasteiger partial charge is 0.324 e. The first-order valence-electron chi connectivity index (χ1n) is 8.63. The van der Waals surface area contributed by atoms with Gasteiger partial charge in [-0.1, -0.05) is 30.3 Å². The molecule has 1 saturated heterocycles. The monoisotopic (exact) mass is 367 g/mol. The number of nitrogens with one attached hydrogen (secondary N) is 1. The van der Waals surface area contributed by atoms with Gasteiger partial charge in [-0.25, -0.2) is 4.39 Å². The van der Waals surface area contributed by atoms with E-state index in [4.69, 9.17) is 9.47 Å². The van der Waals surface area contributed by atoms with Crippen molar-refractivity contribution in [1.82, 2.24) is 4.98 Å². The maximum absolute atomic E-state index is 13.6. The molecular formula is C21H18FNO4. The highest BCUT2D eigenvalue weighted by Gasteiger charge is 2.48. The molecule has 1 N–H and O–H groups in total. The van der Waals surface area contributed by atoms with Crippen LogP contribution in [-0.2, 0) is 19.1 Å². The molecule has 1 aliphatic heterocycles. The second kappa shape index (κ2) is 6.23. The second-order valence-corrected chi connectivity index (χ2v) is 7.04. The third-order valence-electron chi connectivity index (χ3n) is 4.70. The minimum atomic E-state index is -1.30. The van der Waals surface area contributed by atoms with E-state index in [1.807, 2.05) is 30.3 Å². The number of ether oxygens (including phenoxy) is 2. The molecule has 0 amide bonds. The lowest BCUT2D eigenvalue weighted by Crippen LogP contribution is -2.48. The van der Waals surface area contributed by atoms with E-state index in [9.17, 15) is 14.0 Å². The minimum absolute atomic E-state index is 0.370. The molecule has 1 aromatic heterocycles. The van der Waals surface area contributed by atoms with Crippen LogP contribution in [0, 0.1) is 11.7 Å². The molecule has 1 fully saturated rings. The largest absolute Gasteiger partial charge is 0.422 e.